The minimum Gasteiger partial charge on any atom is -0.342 e. The lowest BCUT2D eigenvalue weighted by molar-refractivity contribution is -0.131. The quantitative estimate of drug-likeness (QED) is 0.884. The highest BCUT2D eigenvalue weighted by molar-refractivity contribution is 7.12. The Bertz CT molecular complexity index is 735. The smallest absolute Gasteiger partial charge is 0.227 e. The van der Waals surface area contributed by atoms with Gasteiger partial charge >= 0.3 is 0 Å². The molecule has 2 aromatic heterocycles. The van der Waals surface area contributed by atoms with Gasteiger partial charge in [-0.3, -0.25) is 4.79 Å². The monoisotopic (exact) mass is 381 g/mol. The molecule has 6 nitrogen and oxygen atoms in total. The zero-order valence-electron chi connectivity index (χ0n) is 14.4. The van der Waals surface area contributed by atoms with E-state index < -0.39 is 0 Å². The molecule has 8 heteroatoms. The van der Waals surface area contributed by atoms with Crippen LogP contribution in [0.4, 0.5) is 0 Å². The highest BCUT2D eigenvalue weighted by atomic mass is 35.5. The molecule has 0 spiro atoms. The lowest BCUT2D eigenvalue weighted by Crippen LogP contribution is -2.39. The summed E-state index contributed by atoms with van der Waals surface area (Å²) in [4.78, 5) is 16.9. The van der Waals surface area contributed by atoms with Crippen LogP contribution in [0.25, 0.3) is 0 Å². The molecule has 4 rings (SSSR count). The highest BCUT2D eigenvalue weighted by Gasteiger charge is 2.28. The number of nitrogens with zero attached hydrogens (tertiary/aromatic N) is 4. The van der Waals surface area contributed by atoms with E-state index in [1.807, 2.05) is 4.90 Å². The van der Waals surface area contributed by atoms with Crippen LogP contribution in [-0.2, 0) is 24.3 Å². The first-order valence-corrected chi connectivity index (χ1v) is 9.48. The van der Waals surface area contributed by atoms with Crippen molar-refractivity contribution in [1.82, 2.24) is 25.0 Å². The van der Waals surface area contributed by atoms with Crippen molar-refractivity contribution < 1.29 is 4.79 Å². The Hall–Kier alpha value is -1.44. The lowest BCUT2D eigenvalue weighted by atomic mass is 9.95. The normalized spacial score (nSPS) is 17.9. The summed E-state index contributed by atoms with van der Waals surface area (Å²) < 4.78 is 2.27. The summed E-state index contributed by atoms with van der Waals surface area (Å²) in [5.41, 5.74) is 0. The molecule has 4 heterocycles. The maximum absolute atomic E-state index is 12.5. The third-order valence-corrected chi connectivity index (χ3v) is 5.99. The Kier molecular flexibility index (Phi) is 5.76. The molecule has 0 unspecified atom stereocenters. The Morgan fingerprint density at radius 1 is 1.28 bits per heavy atom. The van der Waals surface area contributed by atoms with Gasteiger partial charge in [-0.05, 0) is 31.9 Å². The number of amides is 1. The number of aryl methyl sites for hydroxylation is 1. The van der Waals surface area contributed by atoms with E-state index in [1.54, 1.807) is 11.3 Å². The molecule has 1 saturated heterocycles. The topological polar surface area (TPSA) is 63.1 Å². The number of carbonyl (C=O) groups is 1. The van der Waals surface area contributed by atoms with Crippen LogP contribution in [0.2, 0.25) is 0 Å². The summed E-state index contributed by atoms with van der Waals surface area (Å²) in [6, 6.07) is 4.16. The van der Waals surface area contributed by atoms with E-state index in [4.69, 9.17) is 0 Å². The van der Waals surface area contributed by atoms with Crippen LogP contribution in [0, 0.1) is 6.92 Å². The number of nitrogens with one attached hydrogen (secondary N) is 1. The maximum atomic E-state index is 12.5. The van der Waals surface area contributed by atoms with Crippen LogP contribution < -0.4 is 5.32 Å². The third kappa shape index (κ3) is 3.88. The van der Waals surface area contributed by atoms with Crippen molar-refractivity contribution in [2.45, 2.75) is 45.2 Å². The molecule has 2 aliphatic heterocycles. The van der Waals surface area contributed by atoms with Gasteiger partial charge in [0.2, 0.25) is 5.91 Å². The molecule has 136 valence electrons. The number of piperidine rings is 1. The Labute approximate surface area is 158 Å². The van der Waals surface area contributed by atoms with Gasteiger partial charge < -0.3 is 14.8 Å². The fourth-order valence-electron chi connectivity index (χ4n) is 3.64. The number of fused-ring (bicyclic) bond motifs is 1. The van der Waals surface area contributed by atoms with Crippen molar-refractivity contribution in [3.63, 3.8) is 0 Å². The predicted octanol–water partition coefficient (Wildman–Crippen LogP) is 2.12. The summed E-state index contributed by atoms with van der Waals surface area (Å²) in [6.45, 7) is 6.48. The van der Waals surface area contributed by atoms with Gasteiger partial charge in [0.15, 0.2) is 0 Å². The second-order valence-corrected chi connectivity index (χ2v) is 8.02. The van der Waals surface area contributed by atoms with Crippen LogP contribution in [-0.4, -0.2) is 45.2 Å². The van der Waals surface area contributed by atoms with Crippen molar-refractivity contribution in [1.29, 1.82) is 0 Å². The summed E-state index contributed by atoms with van der Waals surface area (Å²) in [5, 5.41) is 12.1. The van der Waals surface area contributed by atoms with Crippen molar-refractivity contribution in [3.05, 3.63) is 33.5 Å². The SMILES string of the molecule is Cc1ccc(CC(=O)N2CCC(c3nnc4n3CCNC4)CC2)s1.Cl. The minimum absolute atomic E-state index is 0. The van der Waals surface area contributed by atoms with Gasteiger partial charge in [-0.2, -0.15) is 0 Å². The molecule has 1 fully saturated rings. The number of likely N-dealkylation sites (tertiary alicyclic amines) is 1. The Balaban J connectivity index is 0.00000182. The number of rotatable bonds is 3. The Morgan fingerprint density at radius 2 is 2.08 bits per heavy atom. The van der Waals surface area contributed by atoms with Crippen molar-refractivity contribution in [2.75, 3.05) is 19.6 Å². The van der Waals surface area contributed by atoms with Gasteiger partial charge in [0.25, 0.3) is 0 Å². The summed E-state index contributed by atoms with van der Waals surface area (Å²) in [6.07, 6.45) is 2.51. The first-order chi connectivity index (χ1) is 11.7. The molecular formula is C17H24ClN5OS. The average molecular weight is 382 g/mol. The third-order valence-electron chi connectivity index (χ3n) is 4.99. The largest absolute Gasteiger partial charge is 0.342 e. The second-order valence-electron chi connectivity index (χ2n) is 6.65. The zero-order chi connectivity index (χ0) is 16.5. The van der Waals surface area contributed by atoms with E-state index in [2.05, 4.69) is 39.1 Å². The molecule has 0 saturated carbocycles. The molecule has 0 atom stereocenters. The Morgan fingerprint density at radius 3 is 2.80 bits per heavy atom. The molecule has 25 heavy (non-hydrogen) atoms. The van der Waals surface area contributed by atoms with E-state index in [0.29, 0.717) is 12.3 Å². The lowest BCUT2D eigenvalue weighted by Gasteiger charge is -2.32. The fraction of sp³-hybridized carbons (Fsp3) is 0.588. The number of carbonyl (C=O) groups excluding carboxylic acids is 1. The number of hydrogen-bond acceptors (Lipinski definition) is 5. The molecule has 1 amide bonds. The molecule has 0 aliphatic carbocycles. The van der Waals surface area contributed by atoms with Gasteiger partial charge in [-0.1, -0.05) is 0 Å². The number of thiophene rings is 1. The number of halogens is 1. The van der Waals surface area contributed by atoms with Gasteiger partial charge in [0, 0.05) is 41.9 Å². The maximum Gasteiger partial charge on any atom is 0.227 e. The average Bonchev–Trinajstić information content (AvgIpc) is 3.21. The van der Waals surface area contributed by atoms with Crippen LogP contribution >= 0.6 is 23.7 Å². The van der Waals surface area contributed by atoms with Crippen LogP contribution in [0.1, 0.15) is 40.2 Å². The molecule has 0 aromatic carbocycles. The fourth-order valence-corrected chi connectivity index (χ4v) is 4.53. The van der Waals surface area contributed by atoms with Gasteiger partial charge in [0.1, 0.15) is 11.6 Å². The van der Waals surface area contributed by atoms with E-state index in [9.17, 15) is 4.79 Å². The van der Waals surface area contributed by atoms with E-state index >= 15 is 0 Å². The minimum atomic E-state index is 0. The number of hydrogen-bond donors (Lipinski definition) is 1. The number of aromatic nitrogens is 3. The summed E-state index contributed by atoms with van der Waals surface area (Å²) in [5.74, 6) is 2.84. The van der Waals surface area contributed by atoms with Crippen molar-refractivity contribution >= 4 is 29.7 Å². The molecule has 1 N–H and O–H groups in total. The van der Waals surface area contributed by atoms with Gasteiger partial charge in [-0.25, -0.2) is 0 Å². The first kappa shape index (κ1) is 18.4. The van der Waals surface area contributed by atoms with Crippen LogP contribution in [0.15, 0.2) is 12.1 Å². The molecule has 0 radical (unpaired) electrons. The molecule has 0 bridgehead atoms. The van der Waals surface area contributed by atoms with E-state index in [0.717, 1.165) is 57.2 Å². The zero-order valence-corrected chi connectivity index (χ0v) is 16.0. The first-order valence-electron chi connectivity index (χ1n) is 8.66. The van der Waals surface area contributed by atoms with E-state index in [1.165, 1.54) is 9.75 Å². The molecular weight excluding hydrogens is 358 g/mol. The summed E-state index contributed by atoms with van der Waals surface area (Å²) >= 11 is 1.72. The van der Waals surface area contributed by atoms with Gasteiger partial charge in [0.05, 0.1) is 13.0 Å². The molecule has 2 aliphatic rings. The van der Waals surface area contributed by atoms with Gasteiger partial charge in [-0.15, -0.1) is 33.9 Å². The standard InChI is InChI=1S/C17H23N5OS.ClH/c1-12-2-3-14(24-12)10-16(23)21-7-4-13(5-8-21)17-20-19-15-11-18-6-9-22(15)17;/h2-3,13,18H,4-11H2,1H3;1H. The van der Waals surface area contributed by atoms with Crippen LogP contribution in [0.3, 0.4) is 0 Å². The highest BCUT2D eigenvalue weighted by Crippen LogP contribution is 2.28. The van der Waals surface area contributed by atoms with Crippen LogP contribution in [0.5, 0.6) is 0 Å². The summed E-state index contributed by atoms with van der Waals surface area (Å²) in [7, 11) is 0. The van der Waals surface area contributed by atoms with E-state index in [-0.39, 0.29) is 18.3 Å². The predicted molar refractivity (Wildman–Crippen MR) is 100 cm³/mol. The van der Waals surface area contributed by atoms with Crippen molar-refractivity contribution in [2.24, 2.45) is 0 Å². The molecule has 2 aromatic rings. The van der Waals surface area contributed by atoms with Crippen molar-refractivity contribution in [3.8, 4) is 0 Å². The second kappa shape index (κ2) is 7.85.